The first kappa shape index (κ1) is 17.0. The van der Waals surface area contributed by atoms with E-state index in [9.17, 15) is 0 Å². The monoisotopic (exact) mass is 364 g/mol. The van der Waals surface area contributed by atoms with E-state index in [1.807, 2.05) is 30.3 Å². The Kier molecular flexibility index (Phi) is 5.14. The van der Waals surface area contributed by atoms with Gasteiger partial charge in [0.05, 0.1) is 16.9 Å². The summed E-state index contributed by atoms with van der Waals surface area (Å²) in [5.74, 6) is 0.640. The lowest BCUT2D eigenvalue weighted by Gasteiger charge is -2.23. The number of nitrogens with zero attached hydrogens (tertiary/aromatic N) is 2. The number of piperidine rings is 1. The summed E-state index contributed by atoms with van der Waals surface area (Å²) in [7, 11) is 0. The highest BCUT2D eigenvalue weighted by Crippen LogP contribution is 2.30. The Morgan fingerprint density at radius 1 is 0.923 bits per heavy atom. The molecule has 0 unspecified atom stereocenters. The number of nitrogens with one attached hydrogen (secondary N) is 2. The lowest BCUT2D eigenvalue weighted by atomic mass is 10.0. The van der Waals surface area contributed by atoms with Crippen molar-refractivity contribution < 1.29 is 0 Å². The molecule has 2 aromatic carbocycles. The van der Waals surface area contributed by atoms with E-state index >= 15 is 0 Å². The van der Waals surface area contributed by atoms with Crippen LogP contribution in [0.25, 0.3) is 22.4 Å². The largest absolute Gasteiger partial charge is 0.351 e. The SMILES string of the molecule is Clc1cnc(NC2CCNCC2)nc1-c1cccc(-c2ccccc2)c1. The topological polar surface area (TPSA) is 49.8 Å². The van der Waals surface area contributed by atoms with Gasteiger partial charge in [0, 0.05) is 11.6 Å². The van der Waals surface area contributed by atoms with Crippen molar-refractivity contribution in [2.24, 2.45) is 0 Å². The standard InChI is InChI=1S/C21H21ClN4/c22-19-14-24-21(25-18-9-11-23-12-10-18)26-20(19)17-8-4-7-16(13-17)15-5-2-1-3-6-15/h1-8,13-14,18,23H,9-12H2,(H,24,25,26). The predicted octanol–water partition coefficient (Wildman–Crippen LogP) is 4.63. The molecule has 4 rings (SSSR count). The lowest BCUT2D eigenvalue weighted by molar-refractivity contribution is 0.477. The molecule has 4 nitrogen and oxygen atoms in total. The Bertz CT molecular complexity index is 876. The van der Waals surface area contributed by atoms with Crippen LogP contribution in [0.2, 0.25) is 5.02 Å². The van der Waals surface area contributed by atoms with Gasteiger partial charge in [-0.25, -0.2) is 9.97 Å². The average Bonchev–Trinajstić information content (AvgIpc) is 2.71. The van der Waals surface area contributed by atoms with Crippen molar-refractivity contribution >= 4 is 17.5 Å². The highest BCUT2D eigenvalue weighted by atomic mass is 35.5. The first-order chi connectivity index (χ1) is 12.8. The summed E-state index contributed by atoms with van der Waals surface area (Å²) in [5.41, 5.74) is 4.07. The van der Waals surface area contributed by atoms with Crippen LogP contribution in [0, 0.1) is 0 Å². The van der Waals surface area contributed by atoms with Crippen molar-refractivity contribution in [1.82, 2.24) is 15.3 Å². The molecule has 132 valence electrons. The third kappa shape index (κ3) is 3.87. The lowest BCUT2D eigenvalue weighted by Crippen LogP contribution is -2.35. The van der Waals surface area contributed by atoms with Crippen LogP contribution in [0.1, 0.15) is 12.8 Å². The fraction of sp³-hybridized carbons (Fsp3) is 0.238. The predicted molar refractivity (Wildman–Crippen MR) is 107 cm³/mol. The minimum Gasteiger partial charge on any atom is -0.351 e. The fourth-order valence-electron chi connectivity index (χ4n) is 3.26. The van der Waals surface area contributed by atoms with Gasteiger partial charge in [0.1, 0.15) is 0 Å². The summed E-state index contributed by atoms with van der Waals surface area (Å²) in [6, 6.07) is 19.0. The Morgan fingerprint density at radius 2 is 1.65 bits per heavy atom. The number of aromatic nitrogens is 2. The third-order valence-electron chi connectivity index (χ3n) is 4.66. The number of anilines is 1. The molecule has 1 aliphatic heterocycles. The van der Waals surface area contributed by atoms with E-state index in [0.717, 1.165) is 42.8 Å². The molecule has 0 radical (unpaired) electrons. The maximum atomic E-state index is 6.41. The summed E-state index contributed by atoms with van der Waals surface area (Å²) in [6.07, 6.45) is 3.83. The Morgan fingerprint density at radius 3 is 2.46 bits per heavy atom. The molecule has 5 heteroatoms. The maximum Gasteiger partial charge on any atom is 0.223 e. The molecule has 0 aliphatic carbocycles. The van der Waals surface area contributed by atoms with E-state index in [0.29, 0.717) is 17.0 Å². The van der Waals surface area contributed by atoms with Gasteiger partial charge >= 0.3 is 0 Å². The second-order valence-corrected chi connectivity index (χ2v) is 6.91. The van der Waals surface area contributed by atoms with Crippen LogP contribution in [0.15, 0.2) is 60.8 Å². The van der Waals surface area contributed by atoms with Crippen LogP contribution in [-0.4, -0.2) is 29.1 Å². The van der Waals surface area contributed by atoms with Gasteiger partial charge in [0.15, 0.2) is 0 Å². The van der Waals surface area contributed by atoms with Gasteiger partial charge < -0.3 is 10.6 Å². The second kappa shape index (κ2) is 7.85. The first-order valence-electron chi connectivity index (χ1n) is 8.95. The molecule has 1 saturated heterocycles. The summed E-state index contributed by atoms with van der Waals surface area (Å²) < 4.78 is 0. The molecule has 1 aromatic heterocycles. The molecule has 0 atom stereocenters. The second-order valence-electron chi connectivity index (χ2n) is 6.51. The van der Waals surface area contributed by atoms with E-state index in [4.69, 9.17) is 16.6 Å². The van der Waals surface area contributed by atoms with Gasteiger partial charge in [0.25, 0.3) is 0 Å². The Hall–Kier alpha value is -2.43. The van der Waals surface area contributed by atoms with Crippen LogP contribution < -0.4 is 10.6 Å². The molecule has 26 heavy (non-hydrogen) atoms. The van der Waals surface area contributed by atoms with E-state index in [1.165, 1.54) is 5.56 Å². The molecule has 1 aliphatic rings. The van der Waals surface area contributed by atoms with Gasteiger partial charge in [-0.3, -0.25) is 0 Å². The van der Waals surface area contributed by atoms with E-state index < -0.39 is 0 Å². The van der Waals surface area contributed by atoms with Crippen LogP contribution in [-0.2, 0) is 0 Å². The van der Waals surface area contributed by atoms with Crippen molar-refractivity contribution in [2.75, 3.05) is 18.4 Å². The average molecular weight is 365 g/mol. The Labute approximate surface area is 158 Å². The summed E-state index contributed by atoms with van der Waals surface area (Å²) in [6.45, 7) is 2.05. The quantitative estimate of drug-likeness (QED) is 0.708. The van der Waals surface area contributed by atoms with Crippen LogP contribution >= 0.6 is 11.6 Å². The number of benzene rings is 2. The van der Waals surface area contributed by atoms with Gasteiger partial charge in [-0.1, -0.05) is 60.1 Å². The van der Waals surface area contributed by atoms with Gasteiger partial charge in [0.2, 0.25) is 5.95 Å². The highest BCUT2D eigenvalue weighted by Gasteiger charge is 2.15. The smallest absolute Gasteiger partial charge is 0.223 e. The summed E-state index contributed by atoms with van der Waals surface area (Å²) in [5, 5.41) is 7.37. The Balaban J connectivity index is 1.63. The van der Waals surface area contributed by atoms with E-state index in [-0.39, 0.29) is 0 Å². The van der Waals surface area contributed by atoms with E-state index in [1.54, 1.807) is 6.20 Å². The number of rotatable bonds is 4. The number of hydrogen-bond acceptors (Lipinski definition) is 4. The molecular weight excluding hydrogens is 344 g/mol. The molecule has 0 saturated carbocycles. The molecule has 2 heterocycles. The van der Waals surface area contributed by atoms with Crippen LogP contribution in [0.4, 0.5) is 5.95 Å². The number of halogens is 1. The van der Waals surface area contributed by atoms with Crippen LogP contribution in [0.5, 0.6) is 0 Å². The van der Waals surface area contributed by atoms with Crippen molar-refractivity contribution in [2.45, 2.75) is 18.9 Å². The van der Waals surface area contributed by atoms with Gasteiger partial charge in [-0.05, 0) is 43.1 Å². The molecule has 0 spiro atoms. The molecule has 2 N–H and O–H groups in total. The van der Waals surface area contributed by atoms with E-state index in [2.05, 4.69) is 39.9 Å². The third-order valence-corrected chi connectivity index (χ3v) is 4.94. The summed E-state index contributed by atoms with van der Waals surface area (Å²) >= 11 is 6.41. The minimum absolute atomic E-state index is 0.404. The van der Waals surface area contributed by atoms with Gasteiger partial charge in [-0.15, -0.1) is 0 Å². The van der Waals surface area contributed by atoms with Crippen molar-refractivity contribution in [3.8, 4) is 22.4 Å². The fourth-order valence-corrected chi connectivity index (χ4v) is 3.46. The first-order valence-corrected chi connectivity index (χ1v) is 9.33. The molecule has 0 bridgehead atoms. The molecule has 0 amide bonds. The normalized spacial score (nSPS) is 15.0. The molecular formula is C21H21ClN4. The zero-order valence-corrected chi connectivity index (χ0v) is 15.2. The number of hydrogen-bond donors (Lipinski definition) is 2. The maximum absolute atomic E-state index is 6.41. The molecule has 3 aromatic rings. The zero-order valence-electron chi connectivity index (χ0n) is 14.5. The zero-order chi connectivity index (χ0) is 17.8. The van der Waals surface area contributed by atoms with Crippen molar-refractivity contribution in [1.29, 1.82) is 0 Å². The summed E-state index contributed by atoms with van der Waals surface area (Å²) in [4.78, 5) is 9.06. The highest BCUT2D eigenvalue weighted by molar-refractivity contribution is 6.32. The molecule has 1 fully saturated rings. The van der Waals surface area contributed by atoms with Crippen molar-refractivity contribution in [3.05, 3.63) is 65.8 Å². The van der Waals surface area contributed by atoms with Gasteiger partial charge in [-0.2, -0.15) is 0 Å². The van der Waals surface area contributed by atoms with Crippen LogP contribution in [0.3, 0.4) is 0 Å². The van der Waals surface area contributed by atoms with Crippen molar-refractivity contribution in [3.63, 3.8) is 0 Å². The minimum atomic E-state index is 0.404.